The van der Waals surface area contributed by atoms with Gasteiger partial charge in [-0.15, -0.1) is 0 Å². The van der Waals surface area contributed by atoms with Crippen molar-refractivity contribution in [1.29, 1.82) is 0 Å². The van der Waals surface area contributed by atoms with Crippen molar-refractivity contribution in [2.24, 2.45) is 5.92 Å². The third-order valence-electron chi connectivity index (χ3n) is 3.00. The molecule has 0 aromatic heterocycles. The Morgan fingerprint density at radius 2 is 1.50 bits per heavy atom. The summed E-state index contributed by atoms with van der Waals surface area (Å²) >= 11 is 0. The molecule has 1 aliphatic carbocycles. The summed E-state index contributed by atoms with van der Waals surface area (Å²) in [6, 6.07) is 2.66. The van der Waals surface area contributed by atoms with Crippen LogP contribution < -0.4 is 10.6 Å². The highest BCUT2D eigenvalue weighted by molar-refractivity contribution is 4.91. The summed E-state index contributed by atoms with van der Waals surface area (Å²) in [5.74, 6) is 0.814. The Hall–Kier alpha value is -0.0800. The molecule has 1 rings (SSSR count). The molecule has 0 aromatic carbocycles. The van der Waals surface area contributed by atoms with Crippen molar-refractivity contribution in [1.82, 2.24) is 10.6 Å². The summed E-state index contributed by atoms with van der Waals surface area (Å²) in [5, 5.41) is 7.29. The van der Waals surface area contributed by atoms with Gasteiger partial charge in [0.2, 0.25) is 0 Å². The smallest absolute Gasteiger partial charge is 0.0110 e. The standard InChI is InChI=1S/C12H26N2/c1-8(2)13-11-6-10(5)12(7-11)14-9(3)4/h8-14H,6-7H2,1-5H3. The van der Waals surface area contributed by atoms with Gasteiger partial charge in [0.1, 0.15) is 0 Å². The molecule has 2 N–H and O–H groups in total. The Bertz CT molecular complexity index is 166. The third kappa shape index (κ3) is 3.58. The molecule has 1 aliphatic rings. The molecule has 0 amide bonds. The van der Waals surface area contributed by atoms with E-state index in [1.54, 1.807) is 0 Å². The highest BCUT2D eigenvalue weighted by atomic mass is 15.0. The Balaban J connectivity index is 2.35. The van der Waals surface area contributed by atoms with Crippen LogP contribution in [0.5, 0.6) is 0 Å². The first kappa shape index (κ1) is 12.0. The van der Waals surface area contributed by atoms with Crippen molar-refractivity contribution in [3.05, 3.63) is 0 Å². The molecule has 84 valence electrons. The lowest BCUT2D eigenvalue weighted by atomic mass is 10.1. The normalized spacial score (nSPS) is 33.2. The van der Waals surface area contributed by atoms with Crippen LogP contribution >= 0.6 is 0 Å². The summed E-state index contributed by atoms with van der Waals surface area (Å²) in [6.07, 6.45) is 2.61. The fraction of sp³-hybridized carbons (Fsp3) is 1.00. The molecule has 0 spiro atoms. The minimum atomic E-state index is 0.611. The maximum atomic E-state index is 3.65. The molecule has 0 aliphatic heterocycles. The second-order valence-electron chi connectivity index (χ2n) is 5.39. The first-order valence-electron chi connectivity index (χ1n) is 6.01. The summed E-state index contributed by atoms with van der Waals surface area (Å²) in [4.78, 5) is 0. The van der Waals surface area contributed by atoms with Gasteiger partial charge in [-0.2, -0.15) is 0 Å². The van der Waals surface area contributed by atoms with Crippen LogP contribution in [0.15, 0.2) is 0 Å². The van der Waals surface area contributed by atoms with Gasteiger partial charge in [-0.05, 0) is 18.8 Å². The zero-order chi connectivity index (χ0) is 10.7. The predicted octanol–water partition coefficient (Wildman–Crippen LogP) is 2.15. The minimum Gasteiger partial charge on any atom is -0.312 e. The lowest BCUT2D eigenvalue weighted by Gasteiger charge is -2.20. The van der Waals surface area contributed by atoms with Crippen molar-refractivity contribution >= 4 is 0 Å². The zero-order valence-corrected chi connectivity index (χ0v) is 10.3. The maximum Gasteiger partial charge on any atom is 0.0110 e. The van der Waals surface area contributed by atoms with Crippen molar-refractivity contribution in [3.8, 4) is 0 Å². The molecule has 3 atom stereocenters. The Kier molecular flexibility index (Phi) is 4.39. The van der Waals surface area contributed by atoms with Gasteiger partial charge in [-0.1, -0.05) is 34.6 Å². The van der Waals surface area contributed by atoms with E-state index < -0.39 is 0 Å². The van der Waals surface area contributed by atoms with Crippen LogP contribution in [-0.4, -0.2) is 24.2 Å². The van der Waals surface area contributed by atoms with E-state index in [-0.39, 0.29) is 0 Å². The molecule has 0 bridgehead atoms. The summed E-state index contributed by atoms with van der Waals surface area (Å²) < 4.78 is 0. The van der Waals surface area contributed by atoms with Crippen LogP contribution in [0.2, 0.25) is 0 Å². The summed E-state index contributed by atoms with van der Waals surface area (Å²) in [7, 11) is 0. The van der Waals surface area contributed by atoms with E-state index >= 15 is 0 Å². The lowest BCUT2D eigenvalue weighted by molar-refractivity contribution is 0.394. The molecule has 2 nitrogen and oxygen atoms in total. The fourth-order valence-electron chi connectivity index (χ4n) is 2.52. The minimum absolute atomic E-state index is 0.611. The van der Waals surface area contributed by atoms with Crippen LogP contribution in [0, 0.1) is 5.92 Å². The second-order valence-corrected chi connectivity index (χ2v) is 5.39. The van der Waals surface area contributed by atoms with Gasteiger partial charge in [0.05, 0.1) is 0 Å². The first-order chi connectivity index (χ1) is 6.49. The quantitative estimate of drug-likeness (QED) is 0.723. The van der Waals surface area contributed by atoms with E-state index in [0.717, 1.165) is 12.0 Å². The van der Waals surface area contributed by atoms with Crippen LogP contribution in [0.3, 0.4) is 0 Å². The van der Waals surface area contributed by atoms with Gasteiger partial charge in [0, 0.05) is 24.2 Å². The Morgan fingerprint density at radius 3 is 2.00 bits per heavy atom. The van der Waals surface area contributed by atoms with E-state index in [4.69, 9.17) is 0 Å². The molecule has 0 saturated heterocycles. The van der Waals surface area contributed by atoms with Crippen LogP contribution in [0.25, 0.3) is 0 Å². The SMILES string of the molecule is CC(C)NC1CC(C)C(NC(C)C)C1. The molecule has 14 heavy (non-hydrogen) atoms. The summed E-state index contributed by atoms with van der Waals surface area (Å²) in [6.45, 7) is 11.3. The van der Waals surface area contributed by atoms with Gasteiger partial charge in [-0.3, -0.25) is 0 Å². The second kappa shape index (κ2) is 5.13. The van der Waals surface area contributed by atoms with Crippen LogP contribution in [0.4, 0.5) is 0 Å². The summed E-state index contributed by atoms with van der Waals surface area (Å²) in [5.41, 5.74) is 0. The number of hydrogen-bond donors (Lipinski definition) is 2. The van der Waals surface area contributed by atoms with Gasteiger partial charge >= 0.3 is 0 Å². The predicted molar refractivity (Wildman–Crippen MR) is 62.5 cm³/mol. The first-order valence-corrected chi connectivity index (χ1v) is 6.01. The molecular formula is C12H26N2. The van der Waals surface area contributed by atoms with E-state index in [9.17, 15) is 0 Å². The van der Waals surface area contributed by atoms with E-state index in [0.29, 0.717) is 18.1 Å². The molecular weight excluding hydrogens is 172 g/mol. The maximum absolute atomic E-state index is 3.65. The van der Waals surface area contributed by atoms with Gasteiger partial charge in [0.25, 0.3) is 0 Å². The number of nitrogens with one attached hydrogen (secondary N) is 2. The average molecular weight is 198 g/mol. The molecule has 2 heteroatoms. The highest BCUT2D eigenvalue weighted by Crippen LogP contribution is 2.26. The van der Waals surface area contributed by atoms with Crippen molar-refractivity contribution < 1.29 is 0 Å². The molecule has 3 unspecified atom stereocenters. The zero-order valence-electron chi connectivity index (χ0n) is 10.3. The fourth-order valence-corrected chi connectivity index (χ4v) is 2.52. The third-order valence-corrected chi connectivity index (χ3v) is 3.00. The van der Waals surface area contributed by atoms with E-state index in [2.05, 4.69) is 45.3 Å². The molecule has 0 radical (unpaired) electrons. The molecule has 0 aromatic rings. The monoisotopic (exact) mass is 198 g/mol. The van der Waals surface area contributed by atoms with Crippen molar-refractivity contribution in [3.63, 3.8) is 0 Å². The number of hydrogen-bond acceptors (Lipinski definition) is 2. The topological polar surface area (TPSA) is 24.1 Å². The Labute approximate surface area is 88.8 Å². The molecule has 0 heterocycles. The van der Waals surface area contributed by atoms with Gasteiger partial charge < -0.3 is 10.6 Å². The lowest BCUT2D eigenvalue weighted by Crippen LogP contribution is -2.38. The molecule has 1 fully saturated rings. The van der Waals surface area contributed by atoms with Crippen molar-refractivity contribution in [2.75, 3.05) is 0 Å². The largest absolute Gasteiger partial charge is 0.312 e. The van der Waals surface area contributed by atoms with E-state index in [1.165, 1.54) is 12.8 Å². The number of rotatable bonds is 4. The Morgan fingerprint density at radius 1 is 0.929 bits per heavy atom. The highest BCUT2D eigenvalue weighted by Gasteiger charge is 2.31. The van der Waals surface area contributed by atoms with E-state index in [1.807, 2.05) is 0 Å². The molecule has 1 saturated carbocycles. The van der Waals surface area contributed by atoms with Gasteiger partial charge in [0.15, 0.2) is 0 Å². The van der Waals surface area contributed by atoms with Crippen LogP contribution in [-0.2, 0) is 0 Å². The van der Waals surface area contributed by atoms with Crippen molar-refractivity contribution in [2.45, 2.75) is 71.6 Å². The average Bonchev–Trinajstić information content (AvgIpc) is 2.28. The van der Waals surface area contributed by atoms with Gasteiger partial charge in [-0.25, -0.2) is 0 Å². The van der Waals surface area contributed by atoms with Crippen LogP contribution in [0.1, 0.15) is 47.5 Å².